The van der Waals surface area contributed by atoms with Crippen LogP contribution < -0.4 is 10.5 Å². The van der Waals surface area contributed by atoms with Gasteiger partial charge in [0.05, 0.1) is 11.2 Å². The molecule has 0 amide bonds. The number of nitrogens with zero attached hydrogens (tertiary/aromatic N) is 1. The van der Waals surface area contributed by atoms with E-state index in [9.17, 15) is 0 Å². The minimum atomic E-state index is 0.351. The third-order valence-corrected chi connectivity index (χ3v) is 3.75. The summed E-state index contributed by atoms with van der Waals surface area (Å²) in [7, 11) is 0. The molecule has 0 aliphatic rings. The summed E-state index contributed by atoms with van der Waals surface area (Å²) < 4.78 is 5.86. The number of halogens is 2. The van der Waals surface area contributed by atoms with Crippen molar-refractivity contribution in [2.45, 2.75) is 6.61 Å². The number of nitrogens with two attached hydrogens (primary N) is 1. The molecule has 2 aromatic carbocycles. The van der Waals surface area contributed by atoms with Crippen LogP contribution in [0.15, 0.2) is 48.7 Å². The molecule has 0 atom stereocenters. The first-order chi connectivity index (χ1) is 10.1. The van der Waals surface area contributed by atoms with Crippen molar-refractivity contribution >= 4 is 39.8 Å². The summed E-state index contributed by atoms with van der Waals surface area (Å²) in [6.07, 6.45) is 1.71. The molecule has 3 nitrogen and oxygen atoms in total. The number of nitrogen functional groups attached to an aromatic ring is 1. The lowest BCUT2D eigenvalue weighted by molar-refractivity contribution is 0.310. The Kier molecular flexibility index (Phi) is 3.86. The van der Waals surface area contributed by atoms with E-state index in [0.29, 0.717) is 22.3 Å². The Morgan fingerprint density at radius 3 is 2.76 bits per heavy atom. The highest BCUT2D eigenvalue weighted by Gasteiger charge is 2.07. The van der Waals surface area contributed by atoms with Crippen LogP contribution in [0.25, 0.3) is 10.9 Å². The van der Waals surface area contributed by atoms with Gasteiger partial charge in [0, 0.05) is 27.2 Å². The van der Waals surface area contributed by atoms with Crippen molar-refractivity contribution < 1.29 is 4.74 Å². The fraction of sp³-hybridized carbons (Fsp3) is 0.0625. The van der Waals surface area contributed by atoms with Gasteiger partial charge in [-0.05, 0) is 36.4 Å². The molecule has 0 unspecified atom stereocenters. The minimum Gasteiger partial charge on any atom is -0.488 e. The smallest absolute Gasteiger partial charge is 0.129 e. The van der Waals surface area contributed by atoms with E-state index in [0.717, 1.165) is 22.2 Å². The van der Waals surface area contributed by atoms with Gasteiger partial charge >= 0.3 is 0 Å². The topological polar surface area (TPSA) is 48.1 Å². The normalized spacial score (nSPS) is 10.8. The van der Waals surface area contributed by atoms with Crippen LogP contribution in [0.1, 0.15) is 5.56 Å². The van der Waals surface area contributed by atoms with Crippen LogP contribution in [0, 0.1) is 0 Å². The fourth-order valence-electron chi connectivity index (χ4n) is 2.09. The van der Waals surface area contributed by atoms with Crippen LogP contribution in [0.5, 0.6) is 5.75 Å². The summed E-state index contributed by atoms with van der Waals surface area (Å²) >= 11 is 12.0. The van der Waals surface area contributed by atoms with Crippen LogP contribution in [0.3, 0.4) is 0 Å². The lowest BCUT2D eigenvalue weighted by Crippen LogP contribution is -1.98. The maximum atomic E-state index is 6.14. The number of anilines is 1. The lowest BCUT2D eigenvalue weighted by atomic mass is 10.1. The summed E-state index contributed by atoms with van der Waals surface area (Å²) in [5, 5.41) is 2.06. The maximum Gasteiger partial charge on any atom is 0.129 e. The van der Waals surface area contributed by atoms with Crippen LogP contribution in [-0.4, -0.2) is 4.98 Å². The standard InChI is InChI=1S/C16H12Cl2N2O/c17-11-4-3-10(13(18)8-11)9-21-15-6-5-14(19)16-12(15)2-1-7-20-16/h1-8H,9,19H2. The Morgan fingerprint density at radius 1 is 1.10 bits per heavy atom. The van der Waals surface area contributed by atoms with Crippen molar-refractivity contribution in [1.82, 2.24) is 4.98 Å². The highest BCUT2D eigenvalue weighted by molar-refractivity contribution is 6.35. The lowest BCUT2D eigenvalue weighted by Gasteiger charge is -2.11. The van der Waals surface area contributed by atoms with E-state index in [2.05, 4.69) is 4.98 Å². The molecule has 0 aliphatic heterocycles. The first-order valence-corrected chi connectivity index (χ1v) is 7.10. The van der Waals surface area contributed by atoms with Crippen molar-refractivity contribution in [1.29, 1.82) is 0 Å². The molecule has 0 aliphatic carbocycles. The second-order valence-electron chi connectivity index (χ2n) is 4.58. The molecule has 106 valence electrons. The second kappa shape index (κ2) is 5.80. The summed E-state index contributed by atoms with van der Waals surface area (Å²) in [6, 6.07) is 12.7. The van der Waals surface area contributed by atoms with Crippen molar-refractivity contribution in [3.05, 3.63) is 64.3 Å². The summed E-state index contributed by atoms with van der Waals surface area (Å²) in [5.74, 6) is 0.721. The molecule has 0 bridgehead atoms. The Labute approximate surface area is 132 Å². The molecule has 0 fully saturated rings. The van der Waals surface area contributed by atoms with E-state index >= 15 is 0 Å². The molecule has 0 spiro atoms. The average Bonchev–Trinajstić information content (AvgIpc) is 2.48. The monoisotopic (exact) mass is 318 g/mol. The molecule has 0 saturated heterocycles. The Morgan fingerprint density at radius 2 is 1.95 bits per heavy atom. The summed E-state index contributed by atoms with van der Waals surface area (Å²) in [5.41, 5.74) is 8.15. The van der Waals surface area contributed by atoms with E-state index in [1.165, 1.54) is 0 Å². The molecule has 1 heterocycles. The molecule has 2 N–H and O–H groups in total. The van der Waals surface area contributed by atoms with Gasteiger partial charge in [0.15, 0.2) is 0 Å². The van der Waals surface area contributed by atoms with Crippen LogP contribution in [0.4, 0.5) is 5.69 Å². The SMILES string of the molecule is Nc1ccc(OCc2ccc(Cl)cc2Cl)c2cccnc12. The number of ether oxygens (including phenoxy) is 1. The van der Waals surface area contributed by atoms with E-state index in [1.54, 1.807) is 24.4 Å². The van der Waals surface area contributed by atoms with E-state index in [1.807, 2.05) is 24.3 Å². The molecule has 1 aromatic heterocycles. The zero-order valence-corrected chi connectivity index (χ0v) is 12.5. The third kappa shape index (κ3) is 2.89. The van der Waals surface area contributed by atoms with Crippen LogP contribution in [0.2, 0.25) is 10.0 Å². The number of hydrogen-bond donors (Lipinski definition) is 1. The predicted molar refractivity (Wildman–Crippen MR) is 86.9 cm³/mol. The first-order valence-electron chi connectivity index (χ1n) is 6.35. The van der Waals surface area contributed by atoms with Crippen molar-refractivity contribution in [2.75, 3.05) is 5.73 Å². The molecule has 3 rings (SSSR count). The number of aromatic nitrogens is 1. The number of benzene rings is 2. The van der Waals surface area contributed by atoms with Gasteiger partial charge in [0.25, 0.3) is 0 Å². The number of fused-ring (bicyclic) bond motifs is 1. The molecule has 3 aromatic rings. The molecular formula is C16H12Cl2N2O. The van der Waals surface area contributed by atoms with Crippen molar-refractivity contribution in [2.24, 2.45) is 0 Å². The molecular weight excluding hydrogens is 307 g/mol. The Balaban J connectivity index is 1.90. The molecule has 0 radical (unpaired) electrons. The van der Waals surface area contributed by atoms with Gasteiger partial charge in [0.1, 0.15) is 12.4 Å². The Hall–Kier alpha value is -1.97. The largest absolute Gasteiger partial charge is 0.488 e. The molecule has 0 saturated carbocycles. The maximum absolute atomic E-state index is 6.14. The van der Waals surface area contributed by atoms with E-state index in [-0.39, 0.29) is 0 Å². The zero-order valence-electron chi connectivity index (χ0n) is 11.0. The summed E-state index contributed by atoms with van der Waals surface area (Å²) in [6.45, 7) is 0.351. The van der Waals surface area contributed by atoms with Crippen molar-refractivity contribution in [3.8, 4) is 5.75 Å². The minimum absolute atomic E-state index is 0.351. The quantitative estimate of drug-likeness (QED) is 0.712. The predicted octanol–water partition coefficient (Wildman–Crippen LogP) is 4.70. The second-order valence-corrected chi connectivity index (χ2v) is 5.42. The fourth-order valence-corrected chi connectivity index (χ4v) is 2.55. The average molecular weight is 319 g/mol. The Bertz CT molecular complexity index is 805. The van der Waals surface area contributed by atoms with Gasteiger partial charge in [-0.25, -0.2) is 0 Å². The summed E-state index contributed by atoms with van der Waals surface area (Å²) in [4.78, 5) is 4.28. The zero-order chi connectivity index (χ0) is 14.8. The van der Waals surface area contributed by atoms with E-state index < -0.39 is 0 Å². The van der Waals surface area contributed by atoms with Gasteiger partial charge in [-0.1, -0.05) is 29.3 Å². The number of pyridine rings is 1. The number of rotatable bonds is 3. The van der Waals surface area contributed by atoms with E-state index in [4.69, 9.17) is 33.7 Å². The van der Waals surface area contributed by atoms with Gasteiger partial charge in [-0.15, -0.1) is 0 Å². The highest BCUT2D eigenvalue weighted by Crippen LogP contribution is 2.30. The van der Waals surface area contributed by atoms with Gasteiger partial charge < -0.3 is 10.5 Å². The van der Waals surface area contributed by atoms with Gasteiger partial charge in [-0.2, -0.15) is 0 Å². The van der Waals surface area contributed by atoms with Gasteiger partial charge in [0.2, 0.25) is 0 Å². The van der Waals surface area contributed by atoms with Gasteiger partial charge in [-0.3, -0.25) is 4.98 Å². The van der Waals surface area contributed by atoms with Crippen LogP contribution in [-0.2, 0) is 6.61 Å². The van der Waals surface area contributed by atoms with Crippen LogP contribution >= 0.6 is 23.2 Å². The molecule has 5 heteroatoms. The first kappa shape index (κ1) is 14.0. The number of hydrogen-bond acceptors (Lipinski definition) is 3. The highest BCUT2D eigenvalue weighted by atomic mass is 35.5. The molecule has 21 heavy (non-hydrogen) atoms. The van der Waals surface area contributed by atoms with Crippen molar-refractivity contribution in [3.63, 3.8) is 0 Å². The third-order valence-electron chi connectivity index (χ3n) is 3.16.